The van der Waals surface area contributed by atoms with Crippen LogP contribution in [0.4, 0.5) is 4.39 Å². The van der Waals surface area contributed by atoms with Gasteiger partial charge in [0.2, 0.25) is 5.76 Å². The van der Waals surface area contributed by atoms with E-state index in [0.717, 1.165) is 24.6 Å². The summed E-state index contributed by atoms with van der Waals surface area (Å²) in [4.78, 5) is 30.4. The third-order valence-electron chi connectivity index (χ3n) is 5.50. The van der Waals surface area contributed by atoms with E-state index in [9.17, 15) is 14.0 Å². The smallest absolute Gasteiger partial charge is 0.290 e. The average molecular weight is 438 g/mol. The zero-order valence-corrected chi connectivity index (χ0v) is 18.7. The highest BCUT2D eigenvalue weighted by Gasteiger charge is 2.42. The van der Waals surface area contributed by atoms with Crippen LogP contribution in [0.1, 0.15) is 48.0 Å². The molecular formula is C25H27FN2O4. The van der Waals surface area contributed by atoms with Crippen molar-refractivity contribution in [2.24, 2.45) is 0 Å². The Balaban J connectivity index is 1.82. The minimum absolute atomic E-state index is 0.0328. The fraction of sp³-hybridized carbons (Fsp3) is 0.360. The van der Waals surface area contributed by atoms with Crippen LogP contribution in [-0.4, -0.2) is 49.0 Å². The van der Waals surface area contributed by atoms with Crippen molar-refractivity contribution in [1.82, 2.24) is 9.80 Å². The van der Waals surface area contributed by atoms with E-state index in [1.807, 2.05) is 57.1 Å². The number of nitrogens with zero attached hydrogens (tertiary/aromatic N) is 2. The molecule has 0 spiro atoms. The van der Waals surface area contributed by atoms with Crippen LogP contribution in [-0.2, 0) is 0 Å². The number of carbonyl (C=O) groups excluding carboxylic acids is 1. The van der Waals surface area contributed by atoms with Gasteiger partial charge in [-0.2, -0.15) is 0 Å². The molecule has 0 aliphatic carbocycles. The second kappa shape index (κ2) is 8.74. The molecule has 0 saturated heterocycles. The Hall–Kier alpha value is -3.19. The average Bonchev–Trinajstić information content (AvgIpc) is 3.01. The summed E-state index contributed by atoms with van der Waals surface area (Å²) < 4.78 is 25.4. The van der Waals surface area contributed by atoms with Crippen molar-refractivity contribution in [3.05, 3.63) is 75.4 Å². The number of hydrogen-bond donors (Lipinski definition) is 0. The molecule has 3 aromatic rings. The van der Waals surface area contributed by atoms with Gasteiger partial charge in [0.1, 0.15) is 17.1 Å². The normalized spacial score (nSPS) is 15.8. The molecule has 1 aromatic heterocycles. The van der Waals surface area contributed by atoms with E-state index in [2.05, 4.69) is 0 Å². The van der Waals surface area contributed by atoms with Crippen molar-refractivity contribution in [2.75, 3.05) is 27.2 Å². The van der Waals surface area contributed by atoms with Gasteiger partial charge in [-0.25, -0.2) is 4.39 Å². The molecule has 2 heterocycles. The molecule has 0 saturated carbocycles. The summed E-state index contributed by atoms with van der Waals surface area (Å²) in [6, 6.07) is 10.6. The summed E-state index contributed by atoms with van der Waals surface area (Å²) >= 11 is 0. The van der Waals surface area contributed by atoms with Crippen molar-refractivity contribution in [2.45, 2.75) is 32.4 Å². The molecule has 0 N–H and O–H groups in total. The Morgan fingerprint density at radius 2 is 1.84 bits per heavy atom. The van der Waals surface area contributed by atoms with Crippen molar-refractivity contribution in [3.8, 4) is 5.75 Å². The molecule has 6 nitrogen and oxygen atoms in total. The molecule has 1 aliphatic rings. The van der Waals surface area contributed by atoms with E-state index in [4.69, 9.17) is 9.15 Å². The van der Waals surface area contributed by atoms with Gasteiger partial charge in [-0.3, -0.25) is 9.59 Å². The largest absolute Gasteiger partial charge is 0.491 e. The first-order chi connectivity index (χ1) is 15.3. The minimum atomic E-state index is -0.600. The number of halogens is 1. The van der Waals surface area contributed by atoms with Gasteiger partial charge in [-0.15, -0.1) is 0 Å². The van der Waals surface area contributed by atoms with Crippen LogP contribution >= 0.6 is 0 Å². The minimum Gasteiger partial charge on any atom is -0.491 e. The Morgan fingerprint density at radius 1 is 1.12 bits per heavy atom. The zero-order valence-electron chi connectivity index (χ0n) is 18.7. The number of rotatable bonds is 7. The van der Waals surface area contributed by atoms with E-state index in [0.29, 0.717) is 12.3 Å². The number of benzene rings is 2. The van der Waals surface area contributed by atoms with E-state index in [-0.39, 0.29) is 39.7 Å². The molecule has 2 aromatic carbocycles. The van der Waals surface area contributed by atoms with Gasteiger partial charge in [0.15, 0.2) is 5.43 Å². The molecule has 0 bridgehead atoms. The molecule has 1 amide bonds. The van der Waals surface area contributed by atoms with Crippen LogP contribution in [0.3, 0.4) is 0 Å². The summed E-state index contributed by atoms with van der Waals surface area (Å²) in [5.74, 6) is -0.107. The van der Waals surface area contributed by atoms with Gasteiger partial charge in [-0.05, 0) is 76.8 Å². The zero-order chi connectivity index (χ0) is 23.0. The topological polar surface area (TPSA) is 63.0 Å². The van der Waals surface area contributed by atoms with Crippen LogP contribution in [0.5, 0.6) is 5.75 Å². The van der Waals surface area contributed by atoms with Gasteiger partial charge in [0.25, 0.3) is 5.91 Å². The fourth-order valence-corrected chi connectivity index (χ4v) is 4.13. The number of fused-ring (bicyclic) bond motifs is 2. The van der Waals surface area contributed by atoms with Gasteiger partial charge in [0.05, 0.1) is 23.1 Å². The fourth-order valence-electron chi connectivity index (χ4n) is 4.13. The van der Waals surface area contributed by atoms with Crippen LogP contribution in [0.2, 0.25) is 0 Å². The standard InChI is InChI=1S/C25H27FN2O4/c1-15(2)31-18-9-6-16(7-10-18)22-21-23(29)19-14-17(26)8-11-20(19)32-24(21)25(30)28(22)13-5-12-27(3)4/h6-11,14-15,22H,5,12-13H2,1-4H3. The van der Waals surface area contributed by atoms with Crippen LogP contribution in [0.15, 0.2) is 51.7 Å². The van der Waals surface area contributed by atoms with Gasteiger partial charge < -0.3 is 19.0 Å². The molecule has 1 atom stereocenters. The second-order valence-corrected chi connectivity index (χ2v) is 8.61. The summed E-state index contributed by atoms with van der Waals surface area (Å²) in [5, 5.41) is 0.136. The highest BCUT2D eigenvalue weighted by Crippen LogP contribution is 2.38. The highest BCUT2D eigenvalue weighted by atomic mass is 19.1. The summed E-state index contributed by atoms with van der Waals surface area (Å²) in [6.45, 7) is 5.15. The molecule has 4 rings (SSSR count). The quantitative estimate of drug-likeness (QED) is 0.553. The number of carbonyl (C=O) groups is 1. The lowest BCUT2D eigenvalue weighted by atomic mass is 9.98. The second-order valence-electron chi connectivity index (χ2n) is 8.61. The lowest BCUT2D eigenvalue weighted by Crippen LogP contribution is -2.32. The summed E-state index contributed by atoms with van der Waals surface area (Å²) in [5.41, 5.74) is 0.867. The van der Waals surface area contributed by atoms with Gasteiger partial charge in [-0.1, -0.05) is 12.1 Å². The lowest BCUT2D eigenvalue weighted by molar-refractivity contribution is 0.0722. The first-order valence-corrected chi connectivity index (χ1v) is 10.7. The Kier molecular flexibility index (Phi) is 6.02. The number of ether oxygens (including phenoxy) is 1. The molecule has 0 radical (unpaired) electrons. The van der Waals surface area contributed by atoms with Gasteiger partial charge >= 0.3 is 0 Å². The predicted octanol–water partition coefficient (Wildman–Crippen LogP) is 4.22. The lowest BCUT2D eigenvalue weighted by Gasteiger charge is -2.26. The van der Waals surface area contributed by atoms with Crippen LogP contribution < -0.4 is 10.2 Å². The monoisotopic (exact) mass is 438 g/mol. The maximum Gasteiger partial charge on any atom is 0.290 e. The molecule has 168 valence electrons. The summed E-state index contributed by atoms with van der Waals surface area (Å²) in [6.07, 6.45) is 0.769. The SMILES string of the molecule is CC(C)Oc1ccc(C2c3c(oc4ccc(F)cc4c3=O)C(=O)N2CCCN(C)C)cc1. The molecule has 0 fully saturated rings. The van der Waals surface area contributed by atoms with E-state index < -0.39 is 11.9 Å². The van der Waals surface area contributed by atoms with Crippen LogP contribution in [0.25, 0.3) is 11.0 Å². The Labute approximate surface area is 186 Å². The Bertz CT molecular complexity index is 1200. The molecule has 7 heteroatoms. The number of hydrogen-bond acceptors (Lipinski definition) is 5. The van der Waals surface area contributed by atoms with E-state index >= 15 is 0 Å². The predicted molar refractivity (Wildman–Crippen MR) is 121 cm³/mol. The summed E-state index contributed by atoms with van der Waals surface area (Å²) in [7, 11) is 3.94. The molecule has 32 heavy (non-hydrogen) atoms. The Morgan fingerprint density at radius 3 is 2.50 bits per heavy atom. The maximum atomic E-state index is 13.9. The van der Waals surface area contributed by atoms with Crippen molar-refractivity contribution < 1.29 is 18.3 Å². The molecular weight excluding hydrogens is 411 g/mol. The van der Waals surface area contributed by atoms with E-state index in [1.165, 1.54) is 12.1 Å². The molecule has 1 unspecified atom stereocenters. The van der Waals surface area contributed by atoms with Crippen molar-refractivity contribution in [1.29, 1.82) is 0 Å². The first kappa shape index (κ1) is 22.0. The van der Waals surface area contributed by atoms with Crippen molar-refractivity contribution >= 4 is 16.9 Å². The maximum absolute atomic E-state index is 13.9. The first-order valence-electron chi connectivity index (χ1n) is 10.7. The number of amides is 1. The third kappa shape index (κ3) is 4.12. The van der Waals surface area contributed by atoms with Gasteiger partial charge in [0, 0.05) is 6.54 Å². The molecule has 1 aliphatic heterocycles. The van der Waals surface area contributed by atoms with Crippen molar-refractivity contribution in [3.63, 3.8) is 0 Å². The highest BCUT2D eigenvalue weighted by molar-refractivity contribution is 5.99. The third-order valence-corrected chi connectivity index (χ3v) is 5.50. The van der Waals surface area contributed by atoms with Crippen LogP contribution in [0, 0.1) is 5.82 Å². The van der Waals surface area contributed by atoms with E-state index in [1.54, 1.807) is 4.90 Å².